The van der Waals surface area contributed by atoms with E-state index >= 15 is 0 Å². The molecule has 1 unspecified atom stereocenters. The zero-order valence-electron chi connectivity index (χ0n) is 9.79. The van der Waals surface area contributed by atoms with Gasteiger partial charge in [0.1, 0.15) is 5.75 Å². The monoisotopic (exact) mass is 315 g/mol. The minimum absolute atomic E-state index is 0.372. The van der Waals surface area contributed by atoms with Gasteiger partial charge < -0.3 is 10.4 Å². The standard InChI is InChI=1S/C13H18BrNOS/c14-11-4-5-13(16)10(7-11)8-15-9-12-3-1-2-6-17-12/h4-5,7,12,15-16H,1-3,6,8-9H2. The van der Waals surface area contributed by atoms with E-state index in [1.54, 1.807) is 6.07 Å². The third-order valence-corrected chi connectivity index (χ3v) is 4.89. The third kappa shape index (κ3) is 4.19. The first-order valence-corrected chi connectivity index (χ1v) is 7.89. The highest BCUT2D eigenvalue weighted by atomic mass is 79.9. The maximum atomic E-state index is 9.71. The number of aromatic hydroxyl groups is 1. The lowest BCUT2D eigenvalue weighted by atomic mass is 10.1. The summed E-state index contributed by atoms with van der Waals surface area (Å²) < 4.78 is 1.01. The number of rotatable bonds is 4. The zero-order valence-corrected chi connectivity index (χ0v) is 12.2. The number of nitrogens with one attached hydrogen (secondary N) is 1. The van der Waals surface area contributed by atoms with Crippen molar-refractivity contribution in [1.82, 2.24) is 5.32 Å². The van der Waals surface area contributed by atoms with Crippen molar-refractivity contribution in [2.75, 3.05) is 12.3 Å². The van der Waals surface area contributed by atoms with E-state index in [2.05, 4.69) is 33.0 Å². The molecule has 4 heteroatoms. The summed E-state index contributed by atoms with van der Waals surface area (Å²) in [5.74, 6) is 1.67. The summed E-state index contributed by atoms with van der Waals surface area (Å²) in [6, 6.07) is 5.56. The summed E-state index contributed by atoms with van der Waals surface area (Å²) in [5.41, 5.74) is 0.959. The summed E-state index contributed by atoms with van der Waals surface area (Å²) in [6.07, 6.45) is 4.05. The number of phenolic OH excluding ortho intramolecular Hbond substituents is 1. The highest BCUT2D eigenvalue weighted by Crippen LogP contribution is 2.25. The molecule has 0 aliphatic carbocycles. The van der Waals surface area contributed by atoms with Crippen LogP contribution < -0.4 is 5.32 Å². The number of hydrogen-bond acceptors (Lipinski definition) is 3. The fourth-order valence-corrected chi connectivity index (χ4v) is 3.71. The van der Waals surface area contributed by atoms with Crippen LogP contribution in [0.2, 0.25) is 0 Å². The number of phenols is 1. The van der Waals surface area contributed by atoms with Crippen molar-refractivity contribution in [1.29, 1.82) is 0 Å². The van der Waals surface area contributed by atoms with Gasteiger partial charge in [0.05, 0.1) is 0 Å². The van der Waals surface area contributed by atoms with Crippen LogP contribution in [0.5, 0.6) is 5.75 Å². The quantitative estimate of drug-likeness (QED) is 0.891. The Morgan fingerprint density at radius 3 is 3.06 bits per heavy atom. The molecule has 2 N–H and O–H groups in total. The van der Waals surface area contributed by atoms with E-state index in [1.165, 1.54) is 25.0 Å². The number of halogens is 1. The molecule has 0 aromatic heterocycles. The first-order chi connectivity index (χ1) is 8.25. The fraction of sp³-hybridized carbons (Fsp3) is 0.538. The van der Waals surface area contributed by atoms with Crippen LogP contribution >= 0.6 is 27.7 Å². The van der Waals surface area contributed by atoms with Gasteiger partial charge in [0, 0.05) is 28.4 Å². The van der Waals surface area contributed by atoms with E-state index in [4.69, 9.17) is 0 Å². The Labute approximate surface area is 115 Å². The highest BCUT2D eigenvalue weighted by molar-refractivity contribution is 9.10. The molecule has 1 aliphatic heterocycles. The predicted molar refractivity (Wildman–Crippen MR) is 77.6 cm³/mol. The maximum absolute atomic E-state index is 9.71. The predicted octanol–water partition coefficient (Wildman–Crippen LogP) is 3.53. The molecule has 0 bridgehead atoms. The maximum Gasteiger partial charge on any atom is 0.120 e. The fourth-order valence-electron chi connectivity index (χ4n) is 2.03. The Kier molecular flexibility index (Phi) is 5.19. The van der Waals surface area contributed by atoms with Crippen LogP contribution in [-0.4, -0.2) is 22.7 Å². The molecule has 0 amide bonds. The van der Waals surface area contributed by atoms with Gasteiger partial charge in [-0.15, -0.1) is 0 Å². The Hall–Kier alpha value is -0.190. The van der Waals surface area contributed by atoms with Crippen molar-refractivity contribution >= 4 is 27.7 Å². The molecule has 1 saturated heterocycles. The minimum Gasteiger partial charge on any atom is -0.508 e. The minimum atomic E-state index is 0.372. The number of thioether (sulfide) groups is 1. The Balaban J connectivity index is 1.79. The normalized spacial score (nSPS) is 20.4. The van der Waals surface area contributed by atoms with Gasteiger partial charge in [-0.1, -0.05) is 22.4 Å². The van der Waals surface area contributed by atoms with Crippen molar-refractivity contribution in [2.24, 2.45) is 0 Å². The van der Waals surface area contributed by atoms with E-state index in [0.717, 1.165) is 28.4 Å². The van der Waals surface area contributed by atoms with Gasteiger partial charge in [-0.2, -0.15) is 11.8 Å². The van der Waals surface area contributed by atoms with Gasteiger partial charge in [-0.25, -0.2) is 0 Å². The molecule has 0 spiro atoms. The lowest BCUT2D eigenvalue weighted by Gasteiger charge is -2.21. The molecule has 94 valence electrons. The Morgan fingerprint density at radius 2 is 2.29 bits per heavy atom. The Morgan fingerprint density at radius 1 is 1.41 bits per heavy atom. The summed E-state index contributed by atoms with van der Waals surface area (Å²) in [7, 11) is 0. The molecule has 0 radical (unpaired) electrons. The summed E-state index contributed by atoms with van der Waals surface area (Å²) >= 11 is 5.49. The van der Waals surface area contributed by atoms with Gasteiger partial charge in [-0.05, 0) is 36.8 Å². The first kappa shape index (κ1) is 13.2. The van der Waals surface area contributed by atoms with Gasteiger partial charge in [-0.3, -0.25) is 0 Å². The zero-order chi connectivity index (χ0) is 12.1. The smallest absolute Gasteiger partial charge is 0.120 e. The largest absolute Gasteiger partial charge is 0.508 e. The van der Waals surface area contributed by atoms with Gasteiger partial charge in [0.25, 0.3) is 0 Å². The van der Waals surface area contributed by atoms with Crippen LogP contribution in [0.25, 0.3) is 0 Å². The van der Waals surface area contributed by atoms with Crippen LogP contribution in [-0.2, 0) is 6.54 Å². The van der Waals surface area contributed by atoms with E-state index in [0.29, 0.717) is 5.75 Å². The molecule has 1 aromatic carbocycles. The molecule has 0 saturated carbocycles. The average molecular weight is 316 g/mol. The molecule has 1 aromatic rings. The molecule has 2 nitrogen and oxygen atoms in total. The second-order valence-electron chi connectivity index (χ2n) is 4.39. The SMILES string of the molecule is Oc1ccc(Br)cc1CNCC1CCCCS1. The molecule has 17 heavy (non-hydrogen) atoms. The van der Waals surface area contributed by atoms with E-state index in [-0.39, 0.29) is 0 Å². The lowest BCUT2D eigenvalue weighted by molar-refractivity contribution is 0.463. The van der Waals surface area contributed by atoms with Crippen LogP contribution in [0.1, 0.15) is 24.8 Å². The van der Waals surface area contributed by atoms with Crippen molar-refractivity contribution in [3.8, 4) is 5.75 Å². The molecule has 1 fully saturated rings. The Bertz CT molecular complexity index is 366. The summed E-state index contributed by atoms with van der Waals surface area (Å²) in [5, 5.41) is 13.9. The molecule has 1 atom stereocenters. The van der Waals surface area contributed by atoms with Crippen LogP contribution in [0, 0.1) is 0 Å². The third-order valence-electron chi connectivity index (χ3n) is 3.00. The van der Waals surface area contributed by atoms with Gasteiger partial charge in [0.15, 0.2) is 0 Å². The lowest BCUT2D eigenvalue weighted by Crippen LogP contribution is -2.26. The van der Waals surface area contributed by atoms with Gasteiger partial charge >= 0.3 is 0 Å². The van der Waals surface area contributed by atoms with Crippen molar-refractivity contribution in [2.45, 2.75) is 31.1 Å². The number of benzene rings is 1. The molecule has 1 heterocycles. The van der Waals surface area contributed by atoms with Gasteiger partial charge in [0.2, 0.25) is 0 Å². The van der Waals surface area contributed by atoms with Crippen molar-refractivity contribution in [3.05, 3.63) is 28.2 Å². The summed E-state index contributed by atoms with van der Waals surface area (Å²) in [4.78, 5) is 0. The van der Waals surface area contributed by atoms with E-state index in [1.807, 2.05) is 12.1 Å². The molecule has 2 rings (SSSR count). The average Bonchev–Trinajstić information content (AvgIpc) is 2.35. The molecular formula is C13H18BrNOS. The van der Waals surface area contributed by atoms with Crippen LogP contribution in [0.15, 0.2) is 22.7 Å². The molecule has 1 aliphatic rings. The summed E-state index contributed by atoms with van der Waals surface area (Å²) in [6.45, 7) is 1.78. The number of hydrogen-bond donors (Lipinski definition) is 2. The van der Waals surface area contributed by atoms with Crippen molar-refractivity contribution in [3.63, 3.8) is 0 Å². The van der Waals surface area contributed by atoms with Crippen molar-refractivity contribution < 1.29 is 5.11 Å². The van der Waals surface area contributed by atoms with Crippen LogP contribution in [0.4, 0.5) is 0 Å². The second-order valence-corrected chi connectivity index (χ2v) is 6.72. The second kappa shape index (κ2) is 6.66. The van der Waals surface area contributed by atoms with Crippen LogP contribution in [0.3, 0.4) is 0 Å². The topological polar surface area (TPSA) is 32.3 Å². The van der Waals surface area contributed by atoms with E-state index < -0.39 is 0 Å². The highest BCUT2D eigenvalue weighted by Gasteiger charge is 2.13. The van der Waals surface area contributed by atoms with E-state index in [9.17, 15) is 5.11 Å². The first-order valence-electron chi connectivity index (χ1n) is 6.05. The molecular weight excluding hydrogens is 298 g/mol.